The van der Waals surface area contributed by atoms with Crippen LogP contribution in [0.5, 0.6) is 0 Å². The van der Waals surface area contributed by atoms with Crippen molar-refractivity contribution in [2.75, 3.05) is 26.2 Å². The lowest BCUT2D eigenvalue weighted by molar-refractivity contribution is 0.0459. The summed E-state index contributed by atoms with van der Waals surface area (Å²) >= 11 is 0. The number of likely N-dealkylation sites (tertiary alicyclic amines) is 1. The fourth-order valence-corrected chi connectivity index (χ4v) is 3.96. The van der Waals surface area contributed by atoms with Gasteiger partial charge >= 0.3 is 0 Å². The topological polar surface area (TPSA) is 29.3 Å². The molecule has 106 valence electrons. The molecule has 2 heteroatoms. The molecule has 0 aromatic carbocycles. The quantitative estimate of drug-likeness (QED) is 0.835. The zero-order chi connectivity index (χ0) is 13.2. The van der Waals surface area contributed by atoms with E-state index >= 15 is 0 Å². The van der Waals surface area contributed by atoms with Crippen LogP contribution in [-0.4, -0.2) is 31.1 Å². The van der Waals surface area contributed by atoms with Gasteiger partial charge in [-0.3, -0.25) is 0 Å². The number of piperidine rings is 1. The lowest BCUT2D eigenvalue weighted by Gasteiger charge is -2.46. The van der Waals surface area contributed by atoms with Crippen LogP contribution in [0.25, 0.3) is 0 Å². The summed E-state index contributed by atoms with van der Waals surface area (Å²) in [4.78, 5) is 2.70. The van der Waals surface area contributed by atoms with Crippen LogP contribution in [0.4, 0.5) is 0 Å². The Hall–Kier alpha value is -0.0800. The molecule has 1 saturated heterocycles. The van der Waals surface area contributed by atoms with Crippen LogP contribution in [0.15, 0.2) is 0 Å². The molecule has 2 aliphatic rings. The van der Waals surface area contributed by atoms with Crippen LogP contribution in [0.2, 0.25) is 0 Å². The van der Waals surface area contributed by atoms with E-state index in [9.17, 15) is 0 Å². The maximum absolute atomic E-state index is 6.14. The van der Waals surface area contributed by atoms with Gasteiger partial charge in [0.1, 0.15) is 0 Å². The summed E-state index contributed by atoms with van der Waals surface area (Å²) in [6.07, 6.45) is 8.21. The van der Waals surface area contributed by atoms with Gasteiger partial charge in [0.25, 0.3) is 0 Å². The Morgan fingerprint density at radius 1 is 1.17 bits per heavy atom. The van der Waals surface area contributed by atoms with E-state index in [0.29, 0.717) is 10.8 Å². The van der Waals surface area contributed by atoms with E-state index in [1.54, 1.807) is 0 Å². The van der Waals surface area contributed by atoms with Gasteiger partial charge in [-0.2, -0.15) is 0 Å². The molecule has 0 bridgehead atoms. The number of nitrogens with zero attached hydrogens (tertiary/aromatic N) is 1. The molecule has 0 unspecified atom stereocenters. The Balaban J connectivity index is 1.93. The third-order valence-electron chi connectivity index (χ3n) is 5.31. The minimum Gasteiger partial charge on any atom is -0.330 e. The van der Waals surface area contributed by atoms with E-state index in [4.69, 9.17) is 5.73 Å². The van der Waals surface area contributed by atoms with Gasteiger partial charge in [-0.15, -0.1) is 0 Å². The average Bonchev–Trinajstić information content (AvgIpc) is 2.31. The van der Waals surface area contributed by atoms with Gasteiger partial charge in [0.15, 0.2) is 0 Å². The van der Waals surface area contributed by atoms with Crippen LogP contribution in [-0.2, 0) is 0 Å². The van der Waals surface area contributed by atoms with E-state index in [2.05, 4.69) is 25.7 Å². The zero-order valence-corrected chi connectivity index (χ0v) is 12.7. The van der Waals surface area contributed by atoms with Crippen LogP contribution in [0.3, 0.4) is 0 Å². The fraction of sp³-hybridized carbons (Fsp3) is 1.00. The van der Waals surface area contributed by atoms with Crippen molar-refractivity contribution >= 4 is 0 Å². The van der Waals surface area contributed by atoms with Crippen molar-refractivity contribution in [3.8, 4) is 0 Å². The number of nitrogens with two attached hydrogens (primary N) is 1. The number of hydrogen-bond donors (Lipinski definition) is 1. The lowest BCUT2D eigenvalue weighted by Crippen LogP contribution is -2.49. The average molecular weight is 252 g/mol. The summed E-state index contributed by atoms with van der Waals surface area (Å²) in [6, 6.07) is 0. The maximum atomic E-state index is 6.14. The zero-order valence-electron chi connectivity index (χ0n) is 12.7. The normalized spacial score (nSPS) is 37.7. The molecule has 0 radical (unpaired) electrons. The summed E-state index contributed by atoms with van der Waals surface area (Å²) in [6.45, 7) is 11.9. The summed E-state index contributed by atoms with van der Waals surface area (Å²) in [5.74, 6) is 0.919. The predicted octanol–water partition coefficient (Wildman–Crippen LogP) is 3.26. The summed E-state index contributed by atoms with van der Waals surface area (Å²) < 4.78 is 0. The van der Waals surface area contributed by atoms with Gasteiger partial charge in [-0.1, -0.05) is 33.6 Å². The van der Waals surface area contributed by atoms with Crippen molar-refractivity contribution in [2.45, 2.75) is 59.3 Å². The maximum Gasteiger partial charge on any atom is 0.00503 e. The van der Waals surface area contributed by atoms with Crippen LogP contribution < -0.4 is 5.73 Å². The molecule has 1 saturated carbocycles. The van der Waals surface area contributed by atoms with Crippen LogP contribution in [0, 0.1) is 16.7 Å². The van der Waals surface area contributed by atoms with Gasteiger partial charge in [0, 0.05) is 13.1 Å². The first-order valence-corrected chi connectivity index (χ1v) is 7.87. The van der Waals surface area contributed by atoms with E-state index in [1.807, 2.05) is 0 Å². The van der Waals surface area contributed by atoms with Crippen molar-refractivity contribution in [3.05, 3.63) is 0 Å². The summed E-state index contributed by atoms with van der Waals surface area (Å²) in [5, 5.41) is 0. The first-order chi connectivity index (χ1) is 8.45. The summed E-state index contributed by atoms with van der Waals surface area (Å²) in [5.41, 5.74) is 7.08. The smallest absolute Gasteiger partial charge is 0.00503 e. The Bertz CT molecular complexity index is 264. The van der Waals surface area contributed by atoms with Crippen LogP contribution >= 0.6 is 0 Å². The molecular weight excluding hydrogens is 220 g/mol. The SMILES string of the molecule is CC1CCC(CN)(CN2CCCC(C)(C)C2)CC1. The van der Waals surface area contributed by atoms with Crippen molar-refractivity contribution in [3.63, 3.8) is 0 Å². The van der Waals surface area contributed by atoms with E-state index < -0.39 is 0 Å². The second-order valence-electron chi connectivity index (χ2n) is 7.87. The fourth-order valence-electron chi connectivity index (χ4n) is 3.96. The largest absolute Gasteiger partial charge is 0.330 e. The molecule has 0 aromatic heterocycles. The molecule has 18 heavy (non-hydrogen) atoms. The van der Waals surface area contributed by atoms with Gasteiger partial charge in [0.2, 0.25) is 0 Å². The molecule has 0 aromatic rings. The molecule has 1 aliphatic heterocycles. The third-order valence-corrected chi connectivity index (χ3v) is 5.31. The standard InChI is InChI=1S/C16H32N2/c1-14-5-8-16(11-17,9-6-14)13-18-10-4-7-15(2,3)12-18/h14H,4-13,17H2,1-3H3. The van der Waals surface area contributed by atoms with Crippen molar-refractivity contribution < 1.29 is 0 Å². The molecule has 2 N–H and O–H groups in total. The first-order valence-electron chi connectivity index (χ1n) is 7.87. The van der Waals surface area contributed by atoms with Gasteiger partial charge in [-0.25, -0.2) is 0 Å². The molecule has 0 amide bonds. The van der Waals surface area contributed by atoms with Crippen molar-refractivity contribution in [1.82, 2.24) is 4.90 Å². The Morgan fingerprint density at radius 3 is 2.39 bits per heavy atom. The molecule has 2 rings (SSSR count). The van der Waals surface area contributed by atoms with E-state index in [-0.39, 0.29) is 0 Å². The minimum absolute atomic E-state index is 0.430. The number of rotatable bonds is 3. The second-order valence-corrected chi connectivity index (χ2v) is 7.87. The predicted molar refractivity (Wildman–Crippen MR) is 78.6 cm³/mol. The van der Waals surface area contributed by atoms with Gasteiger partial charge < -0.3 is 10.6 Å². The van der Waals surface area contributed by atoms with E-state index in [1.165, 1.54) is 58.2 Å². The summed E-state index contributed by atoms with van der Waals surface area (Å²) in [7, 11) is 0. The highest BCUT2D eigenvalue weighted by Crippen LogP contribution is 2.40. The minimum atomic E-state index is 0.430. The van der Waals surface area contributed by atoms with Gasteiger partial charge in [-0.05, 0) is 55.5 Å². The van der Waals surface area contributed by atoms with Crippen molar-refractivity contribution in [2.24, 2.45) is 22.5 Å². The highest BCUT2D eigenvalue weighted by atomic mass is 15.1. The lowest BCUT2D eigenvalue weighted by atomic mass is 9.70. The third kappa shape index (κ3) is 3.48. The first kappa shape index (κ1) is 14.3. The molecular formula is C16H32N2. The Morgan fingerprint density at radius 2 is 1.83 bits per heavy atom. The highest BCUT2D eigenvalue weighted by Gasteiger charge is 2.36. The molecule has 1 aliphatic carbocycles. The molecule has 0 atom stereocenters. The van der Waals surface area contributed by atoms with Crippen molar-refractivity contribution in [1.29, 1.82) is 0 Å². The van der Waals surface area contributed by atoms with Gasteiger partial charge in [0.05, 0.1) is 0 Å². The van der Waals surface area contributed by atoms with E-state index in [0.717, 1.165) is 12.5 Å². The second kappa shape index (κ2) is 5.50. The molecule has 0 spiro atoms. The number of hydrogen-bond acceptors (Lipinski definition) is 2. The van der Waals surface area contributed by atoms with Crippen LogP contribution in [0.1, 0.15) is 59.3 Å². The Kier molecular flexibility index (Phi) is 4.38. The molecule has 1 heterocycles. The Labute approximate surface area is 113 Å². The monoisotopic (exact) mass is 252 g/mol. The highest BCUT2D eigenvalue weighted by molar-refractivity contribution is 4.90. The molecule has 2 nitrogen and oxygen atoms in total. The molecule has 2 fully saturated rings.